The highest BCUT2D eigenvalue weighted by molar-refractivity contribution is 5.95. The lowest BCUT2D eigenvalue weighted by molar-refractivity contribution is -0.384. The van der Waals surface area contributed by atoms with Gasteiger partial charge in [0.05, 0.1) is 11.3 Å². The van der Waals surface area contributed by atoms with E-state index < -0.39 is 4.92 Å². The first kappa shape index (κ1) is 15.7. The molecule has 1 aromatic heterocycles. The molecule has 0 saturated heterocycles. The molecule has 22 heavy (non-hydrogen) atoms. The zero-order valence-electron chi connectivity index (χ0n) is 12.7. The van der Waals surface area contributed by atoms with E-state index in [1.165, 1.54) is 23.2 Å². The molecule has 0 aliphatic heterocycles. The Labute approximate surface area is 128 Å². The number of hydrogen-bond acceptors (Lipinski definition) is 4. The quantitative estimate of drug-likeness (QED) is 0.679. The Kier molecular flexibility index (Phi) is 4.25. The monoisotopic (exact) mass is 302 g/mol. The van der Waals surface area contributed by atoms with Crippen molar-refractivity contribution in [1.29, 1.82) is 0 Å². The molecular formula is C15H18N4O3. The fourth-order valence-electron chi connectivity index (χ4n) is 1.90. The molecule has 0 fully saturated rings. The summed E-state index contributed by atoms with van der Waals surface area (Å²) in [7, 11) is 0. The summed E-state index contributed by atoms with van der Waals surface area (Å²) in [6.45, 7) is 5.77. The third-order valence-electron chi connectivity index (χ3n) is 3.55. The first-order chi connectivity index (χ1) is 10.3. The Hall–Kier alpha value is -2.70. The first-order valence-corrected chi connectivity index (χ1v) is 6.93. The van der Waals surface area contributed by atoms with Crippen LogP contribution >= 0.6 is 0 Å². The predicted octanol–water partition coefficient (Wildman–Crippen LogP) is 2.70. The van der Waals surface area contributed by atoms with Crippen molar-refractivity contribution in [3.05, 3.63) is 52.6 Å². The Balaban J connectivity index is 2.38. The second kappa shape index (κ2) is 5.97. The molecule has 1 amide bonds. The van der Waals surface area contributed by atoms with E-state index in [0.717, 1.165) is 6.42 Å². The summed E-state index contributed by atoms with van der Waals surface area (Å²) in [4.78, 5) is 26.9. The minimum atomic E-state index is -0.503. The number of nitro groups is 1. The fourth-order valence-corrected chi connectivity index (χ4v) is 1.90. The molecule has 1 N–H and O–H groups in total. The zero-order valence-corrected chi connectivity index (χ0v) is 12.7. The number of carbonyl (C=O) groups is 1. The first-order valence-electron chi connectivity index (χ1n) is 6.93. The van der Waals surface area contributed by atoms with E-state index in [1.54, 1.807) is 18.3 Å². The Bertz CT molecular complexity index is 693. The van der Waals surface area contributed by atoms with E-state index in [2.05, 4.69) is 10.3 Å². The van der Waals surface area contributed by atoms with Gasteiger partial charge in [0.1, 0.15) is 5.69 Å². The van der Waals surface area contributed by atoms with E-state index in [4.69, 9.17) is 0 Å². The smallest absolute Gasteiger partial charge is 0.294 e. The van der Waals surface area contributed by atoms with Crippen LogP contribution in [0.15, 0.2) is 36.9 Å². The number of amides is 1. The molecule has 1 aromatic carbocycles. The molecule has 0 spiro atoms. The molecule has 116 valence electrons. The van der Waals surface area contributed by atoms with Crippen LogP contribution in [0, 0.1) is 10.1 Å². The Morgan fingerprint density at radius 2 is 2.18 bits per heavy atom. The third kappa shape index (κ3) is 3.30. The maximum atomic E-state index is 12.2. The van der Waals surface area contributed by atoms with Crippen LogP contribution in [0.1, 0.15) is 37.6 Å². The molecule has 7 nitrogen and oxygen atoms in total. The van der Waals surface area contributed by atoms with Gasteiger partial charge in [0, 0.05) is 29.6 Å². The van der Waals surface area contributed by atoms with E-state index in [9.17, 15) is 14.9 Å². The van der Waals surface area contributed by atoms with Gasteiger partial charge < -0.3 is 9.88 Å². The van der Waals surface area contributed by atoms with Crippen molar-refractivity contribution < 1.29 is 9.72 Å². The summed E-state index contributed by atoms with van der Waals surface area (Å²) in [5, 5.41) is 14.1. The van der Waals surface area contributed by atoms with Gasteiger partial charge in [0.2, 0.25) is 0 Å². The van der Waals surface area contributed by atoms with Gasteiger partial charge in [-0.25, -0.2) is 4.98 Å². The second-order valence-electron chi connectivity index (χ2n) is 5.62. The average Bonchev–Trinajstić information content (AvgIpc) is 3.00. The van der Waals surface area contributed by atoms with E-state index in [1.807, 2.05) is 20.8 Å². The molecule has 0 aliphatic rings. The highest BCUT2D eigenvalue weighted by atomic mass is 16.6. The van der Waals surface area contributed by atoms with E-state index in [-0.39, 0.29) is 22.7 Å². The standard InChI is InChI=1S/C15H18N4O3/c1-4-15(2,3)17-14(20)11-5-6-12(13(9-11)19(21)22)18-8-7-16-10-18/h5-10H,4H2,1-3H3,(H,17,20). The van der Waals surface area contributed by atoms with Crippen molar-refractivity contribution in [2.45, 2.75) is 32.7 Å². The van der Waals surface area contributed by atoms with Crippen molar-refractivity contribution in [2.24, 2.45) is 0 Å². The number of carbonyl (C=O) groups excluding carboxylic acids is 1. The van der Waals surface area contributed by atoms with Crippen molar-refractivity contribution >= 4 is 11.6 Å². The van der Waals surface area contributed by atoms with E-state index >= 15 is 0 Å². The van der Waals surface area contributed by atoms with Gasteiger partial charge in [-0.2, -0.15) is 0 Å². The van der Waals surface area contributed by atoms with Crippen molar-refractivity contribution in [2.75, 3.05) is 0 Å². The predicted molar refractivity (Wildman–Crippen MR) is 82.1 cm³/mol. The van der Waals surface area contributed by atoms with Crippen LogP contribution in [0.3, 0.4) is 0 Å². The third-order valence-corrected chi connectivity index (χ3v) is 3.55. The van der Waals surface area contributed by atoms with Crippen molar-refractivity contribution in [3.8, 4) is 5.69 Å². The molecule has 7 heteroatoms. The molecule has 2 aromatic rings. The van der Waals surface area contributed by atoms with Crippen LogP contribution in [-0.2, 0) is 0 Å². The summed E-state index contributed by atoms with van der Waals surface area (Å²) in [6.07, 6.45) is 5.38. The zero-order chi connectivity index (χ0) is 16.3. The SMILES string of the molecule is CCC(C)(C)NC(=O)c1ccc(-n2ccnc2)c([N+](=O)[O-])c1. The molecule has 0 atom stereocenters. The van der Waals surface area contributed by atoms with Gasteiger partial charge in [-0.1, -0.05) is 6.92 Å². The number of nitrogens with zero attached hydrogens (tertiary/aromatic N) is 3. The van der Waals surface area contributed by atoms with Crippen LogP contribution in [0.4, 0.5) is 5.69 Å². The number of imidazole rings is 1. The molecule has 0 bridgehead atoms. The highest BCUT2D eigenvalue weighted by Crippen LogP contribution is 2.24. The second-order valence-corrected chi connectivity index (χ2v) is 5.62. The highest BCUT2D eigenvalue weighted by Gasteiger charge is 2.22. The van der Waals surface area contributed by atoms with Crippen LogP contribution in [0.25, 0.3) is 5.69 Å². The lowest BCUT2D eigenvalue weighted by atomic mass is 10.0. The van der Waals surface area contributed by atoms with Gasteiger partial charge in [-0.05, 0) is 32.4 Å². The van der Waals surface area contributed by atoms with Crippen LogP contribution < -0.4 is 5.32 Å². The Morgan fingerprint density at radius 3 is 2.73 bits per heavy atom. The maximum Gasteiger partial charge on any atom is 0.294 e. The van der Waals surface area contributed by atoms with Gasteiger partial charge in [0.15, 0.2) is 0 Å². The summed E-state index contributed by atoms with van der Waals surface area (Å²) in [5.41, 5.74) is 0.125. The molecule has 0 aliphatic carbocycles. The number of hydrogen-bond donors (Lipinski definition) is 1. The molecular weight excluding hydrogens is 284 g/mol. The summed E-state index contributed by atoms with van der Waals surface area (Å²) in [5.74, 6) is -0.327. The minimum Gasteiger partial charge on any atom is -0.347 e. The van der Waals surface area contributed by atoms with Crippen molar-refractivity contribution in [1.82, 2.24) is 14.9 Å². The van der Waals surface area contributed by atoms with Gasteiger partial charge in [-0.3, -0.25) is 14.9 Å². The largest absolute Gasteiger partial charge is 0.347 e. The lowest BCUT2D eigenvalue weighted by Crippen LogP contribution is -2.42. The normalized spacial score (nSPS) is 11.2. The van der Waals surface area contributed by atoms with Gasteiger partial charge in [0.25, 0.3) is 11.6 Å². The van der Waals surface area contributed by atoms with Crippen LogP contribution in [0.2, 0.25) is 0 Å². The summed E-state index contributed by atoms with van der Waals surface area (Å²) in [6, 6.07) is 4.41. The molecule has 0 unspecified atom stereocenters. The molecule has 0 saturated carbocycles. The maximum absolute atomic E-state index is 12.2. The topological polar surface area (TPSA) is 90.1 Å². The Morgan fingerprint density at radius 1 is 1.45 bits per heavy atom. The summed E-state index contributed by atoms with van der Waals surface area (Å²) < 4.78 is 1.54. The van der Waals surface area contributed by atoms with Crippen LogP contribution in [-0.4, -0.2) is 25.9 Å². The molecule has 2 rings (SSSR count). The average molecular weight is 302 g/mol. The molecule has 0 radical (unpaired) electrons. The van der Waals surface area contributed by atoms with Gasteiger partial charge in [-0.15, -0.1) is 0 Å². The number of aromatic nitrogens is 2. The van der Waals surface area contributed by atoms with Gasteiger partial charge >= 0.3 is 0 Å². The summed E-state index contributed by atoms with van der Waals surface area (Å²) >= 11 is 0. The lowest BCUT2D eigenvalue weighted by Gasteiger charge is -2.24. The number of rotatable bonds is 5. The van der Waals surface area contributed by atoms with Crippen LogP contribution in [0.5, 0.6) is 0 Å². The van der Waals surface area contributed by atoms with Crippen molar-refractivity contribution in [3.63, 3.8) is 0 Å². The van der Waals surface area contributed by atoms with E-state index in [0.29, 0.717) is 5.69 Å². The minimum absolute atomic E-state index is 0.139. The molecule has 1 heterocycles. The number of benzene rings is 1. The number of nitro benzene ring substituents is 1. The fraction of sp³-hybridized carbons (Fsp3) is 0.333. The number of nitrogens with one attached hydrogen (secondary N) is 1.